The van der Waals surface area contributed by atoms with E-state index in [1.807, 2.05) is 43.3 Å². The van der Waals surface area contributed by atoms with Crippen molar-refractivity contribution in [2.24, 2.45) is 0 Å². The summed E-state index contributed by atoms with van der Waals surface area (Å²) < 4.78 is 10.5. The van der Waals surface area contributed by atoms with Gasteiger partial charge in [-0.1, -0.05) is 23.7 Å². The molecule has 24 heavy (non-hydrogen) atoms. The summed E-state index contributed by atoms with van der Waals surface area (Å²) >= 11 is 5.95. The molecule has 3 rings (SSSR count). The second-order valence-corrected chi connectivity index (χ2v) is 5.61. The molecule has 0 fully saturated rings. The number of nitrogens with zero attached hydrogens (tertiary/aromatic N) is 1. The predicted molar refractivity (Wildman–Crippen MR) is 94.7 cm³/mol. The van der Waals surface area contributed by atoms with Crippen LogP contribution in [0.2, 0.25) is 5.02 Å². The van der Waals surface area contributed by atoms with Crippen LogP contribution in [0.25, 0.3) is 22.2 Å². The highest BCUT2D eigenvalue weighted by molar-refractivity contribution is 6.30. The smallest absolute Gasteiger partial charge is 0.337 e. The predicted octanol–water partition coefficient (Wildman–Crippen LogP) is 4.74. The van der Waals surface area contributed by atoms with Crippen LogP contribution in [0.1, 0.15) is 17.3 Å². The number of pyridine rings is 1. The van der Waals surface area contributed by atoms with E-state index < -0.39 is 5.97 Å². The van der Waals surface area contributed by atoms with Gasteiger partial charge in [0, 0.05) is 22.0 Å². The minimum absolute atomic E-state index is 0.395. The van der Waals surface area contributed by atoms with E-state index in [1.54, 1.807) is 12.1 Å². The lowest BCUT2D eigenvalue weighted by atomic mass is 10.1. The fraction of sp³-hybridized carbons (Fsp3) is 0.158. The van der Waals surface area contributed by atoms with E-state index in [-0.39, 0.29) is 0 Å². The number of carbonyl (C=O) groups excluding carboxylic acids is 1. The number of rotatable bonds is 4. The third kappa shape index (κ3) is 3.19. The van der Waals surface area contributed by atoms with E-state index >= 15 is 0 Å². The summed E-state index contributed by atoms with van der Waals surface area (Å²) in [7, 11) is 1.36. The Hall–Kier alpha value is -2.59. The van der Waals surface area contributed by atoms with Crippen molar-refractivity contribution >= 4 is 28.5 Å². The Morgan fingerprint density at radius 1 is 1.12 bits per heavy atom. The molecule has 0 N–H and O–H groups in total. The fourth-order valence-corrected chi connectivity index (χ4v) is 2.61. The Morgan fingerprint density at radius 3 is 2.54 bits per heavy atom. The second kappa shape index (κ2) is 6.89. The highest BCUT2D eigenvalue weighted by Gasteiger charge is 2.12. The molecule has 0 bridgehead atoms. The quantitative estimate of drug-likeness (QED) is 0.643. The maximum Gasteiger partial charge on any atom is 0.337 e. The number of aromatic nitrogens is 1. The molecule has 3 aromatic rings. The number of esters is 1. The maximum absolute atomic E-state index is 11.8. The van der Waals surface area contributed by atoms with E-state index in [0.29, 0.717) is 22.7 Å². The van der Waals surface area contributed by atoms with E-state index in [2.05, 4.69) is 4.98 Å². The van der Waals surface area contributed by atoms with Crippen LogP contribution in [-0.2, 0) is 4.74 Å². The van der Waals surface area contributed by atoms with Gasteiger partial charge in [0.25, 0.3) is 0 Å². The highest BCUT2D eigenvalue weighted by Crippen LogP contribution is 2.31. The van der Waals surface area contributed by atoms with Crippen LogP contribution < -0.4 is 4.74 Å². The molecule has 2 aromatic carbocycles. The summed E-state index contributed by atoms with van der Waals surface area (Å²) in [5.74, 6) is 0.331. The number of hydrogen-bond donors (Lipinski definition) is 0. The van der Waals surface area contributed by atoms with Crippen molar-refractivity contribution in [2.45, 2.75) is 6.92 Å². The minimum Gasteiger partial charge on any atom is -0.493 e. The lowest BCUT2D eigenvalue weighted by Gasteiger charge is -2.11. The summed E-state index contributed by atoms with van der Waals surface area (Å²) in [6, 6.07) is 14.6. The van der Waals surface area contributed by atoms with Crippen molar-refractivity contribution in [3.05, 3.63) is 59.1 Å². The SMILES string of the molecule is CCOc1cc(-c2ccc(Cl)cc2)nc2cc(C(=O)OC)ccc12. The molecular weight excluding hydrogens is 326 g/mol. The standard InChI is InChI=1S/C19H16ClNO3/c1-3-24-18-11-16(12-4-7-14(20)8-5-12)21-17-10-13(19(22)23-2)6-9-15(17)18/h4-11H,3H2,1-2H3. The van der Waals surface area contributed by atoms with Crippen LogP contribution in [-0.4, -0.2) is 24.7 Å². The number of methoxy groups -OCH3 is 1. The molecule has 0 saturated heterocycles. The van der Waals surface area contributed by atoms with E-state index in [4.69, 9.17) is 21.1 Å². The zero-order chi connectivity index (χ0) is 17.1. The van der Waals surface area contributed by atoms with Crippen molar-refractivity contribution in [1.82, 2.24) is 4.98 Å². The molecule has 0 aliphatic heterocycles. The zero-order valence-electron chi connectivity index (χ0n) is 13.4. The van der Waals surface area contributed by atoms with Crippen molar-refractivity contribution < 1.29 is 14.3 Å². The molecule has 122 valence electrons. The Balaban J connectivity index is 2.19. The topological polar surface area (TPSA) is 48.4 Å². The maximum atomic E-state index is 11.8. The lowest BCUT2D eigenvalue weighted by molar-refractivity contribution is 0.0601. The molecule has 0 aliphatic carbocycles. The van der Waals surface area contributed by atoms with Gasteiger partial charge in [0.2, 0.25) is 0 Å². The molecule has 5 heteroatoms. The van der Waals surface area contributed by atoms with Crippen molar-refractivity contribution in [3.8, 4) is 17.0 Å². The van der Waals surface area contributed by atoms with Crippen LogP contribution in [0, 0.1) is 0 Å². The largest absolute Gasteiger partial charge is 0.493 e. The van der Waals surface area contributed by atoms with Crippen LogP contribution >= 0.6 is 11.6 Å². The molecule has 4 nitrogen and oxygen atoms in total. The molecule has 0 spiro atoms. The Kier molecular flexibility index (Phi) is 4.67. The Morgan fingerprint density at radius 2 is 1.88 bits per heavy atom. The molecule has 0 amide bonds. The first kappa shape index (κ1) is 16.3. The summed E-state index contributed by atoms with van der Waals surface area (Å²) in [4.78, 5) is 16.4. The average molecular weight is 342 g/mol. The van der Waals surface area contributed by atoms with Gasteiger partial charge in [0.1, 0.15) is 5.75 Å². The Labute approximate surface area is 145 Å². The lowest BCUT2D eigenvalue weighted by Crippen LogP contribution is -2.02. The first-order chi connectivity index (χ1) is 11.6. The van der Waals surface area contributed by atoms with Crippen LogP contribution in [0.3, 0.4) is 0 Å². The van der Waals surface area contributed by atoms with Gasteiger partial charge in [-0.3, -0.25) is 0 Å². The van der Waals surface area contributed by atoms with Gasteiger partial charge in [-0.15, -0.1) is 0 Å². The Bertz CT molecular complexity index is 891. The average Bonchev–Trinajstić information content (AvgIpc) is 2.61. The van der Waals surface area contributed by atoms with Gasteiger partial charge in [0.15, 0.2) is 0 Å². The first-order valence-corrected chi connectivity index (χ1v) is 7.92. The number of ether oxygens (including phenoxy) is 2. The van der Waals surface area contributed by atoms with Crippen LogP contribution in [0.15, 0.2) is 48.5 Å². The third-order valence-corrected chi connectivity index (χ3v) is 3.88. The van der Waals surface area contributed by atoms with Gasteiger partial charge in [-0.25, -0.2) is 9.78 Å². The molecule has 0 aliphatic rings. The van der Waals surface area contributed by atoms with Gasteiger partial charge in [-0.2, -0.15) is 0 Å². The second-order valence-electron chi connectivity index (χ2n) is 5.17. The first-order valence-electron chi connectivity index (χ1n) is 7.54. The van der Waals surface area contributed by atoms with Crippen LogP contribution in [0.5, 0.6) is 5.75 Å². The van der Waals surface area contributed by atoms with Gasteiger partial charge in [-0.05, 0) is 37.3 Å². The van der Waals surface area contributed by atoms with Gasteiger partial charge >= 0.3 is 5.97 Å². The fourth-order valence-electron chi connectivity index (χ4n) is 2.48. The minimum atomic E-state index is -0.395. The molecule has 0 unspecified atom stereocenters. The van der Waals surface area contributed by atoms with E-state index in [0.717, 1.165) is 22.4 Å². The summed E-state index contributed by atoms with van der Waals surface area (Å²) in [5, 5.41) is 1.51. The zero-order valence-corrected chi connectivity index (χ0v) is 14.1. The molecule has 1 heterocycles. The normalized spacial score (nSPS) is 10.6. The highest BCUT2D eigenvalue weighted by atomic mass is 35.5. The van der Waals surface area contributed by atoms with Crippen molar-refractivity contribution in [1.29, 1.82) is 0 Å². The van der Waals surface area contributed by atoms with Crippen molar-refractivity contribution in [2.75, 3.05) is 13.7 Å². The molecule has 1 aromatic heterocycles. The van der Waals surface area contributed by atoms with Crippen molar-refractivity contribution in [3.63, 3.8) is 0 Å². The number of carbonyl (C=O) groups is 1. The van der Waals surface area contributed by atoms with E-state index in [1.165, 1.54) is 7.11 Å². The molecular formula is C19H16ClNO3. The summed E-state index contributed by atoms with van der Waals surface area (Å²) in [6.07, 6.45) is 0. The molecule has 0 saturated carbocycles. The van der Waals surface area contributed by atoms with Gasteiger partial charge in [0.05, 0.1) is 30.5 Å². The number of halogens is 1. The third-order valence-electron chi connectivity index (χ3n) is 3.63. The monoisotopic (exact) mass is 341 g/mol. The number of fused-ring (bicyclic) bond motifs is 1. The number of hydrogen-bond acceptors (Lipinski definition) is 4. The summed E-state index contributed by atoms with van der Waals surface area (Å²) in [5.41, 5.74) is 2.80. The molecule has 0 radical (unpaired) electrons. The number of benzene rings is 2. The van der Waals surface area contributed by atoms with Crippen LogP contribution in [0.4, 0.5) is 0 Å². The summed E-state index contributed by atoms with van der Waals surface area (Å²) in [6.45, 7) is 2.47. The van der Waals surface area contributed by atoms with E-state index in [9.17, 15) is 4.79 Å². The van der Waals surface area contributed by atoms with Gasteiger partial charge < -0.3 is 9.47 Å². The molecule has 0 atom stereocenters.